The summed E-state index contributed by atoms with van der Waals surface area (Å²) >= 11 is 0. The van der Waals surface area contributed by atoms with Gasteiger partial charge in [-0.2, -0.15) is 0 Å². The molecule has 0 spiro atoms. The van der Waals surface area contributed by atoms with E-state index in [1.807, 2.05) is 0 Å². The topological polar surface area (TPSA) is 229 Å². The molecule has 4 N–H and O–H groups in total. The molecule has 2 radical (unpaired) electrons. The predicted molar refractivity (Wildman–Crippen MR) is 242 cm³/mol. The summed E-state index contributed by atoms with van der Waals surface area (Å²) in [6.07, 6.45) is 2.62. The second-order valence-corrected chi connectivity index (χ2v) is 14.2. The van der Waals surface area contributed by atoms with Gasteiger partial charge in [-0.05, 0) is 50.2 Å². The number of nitrogens with zero attached hydrogens (tertiary/aromatic N) is 4. The van der Waals surface area contributed by atoms with Crippen molar-refractivity contribution < 1.29 is 83.4 Å². The van der Waals surface area contributed by atoms with Crippen LogP contribution in [0.4, 0.5) is 11.4 Å². The molecule has 0 amide bonds. The molecular formula is C48H48Cu2N4O12. The van der Waals surface area contributed by atoms with Crippen LogP contribution < -0.4 is 18.9 Å². The number of phenols is 2. The monoisotopic (exact) mass is 998 g/mol. The van der Waals surface area contributed by atoms with Gasteiger partial charge in [0.25, 0.3) is 11.4 Å². The molecule has 16 nitrogen and oxygen atoms in total. The van der Waals surface area contributed by atoms with Gasteiger partial charge in [-0.1, -0.05) is 72.8 Å². The van der Waals surface area contributed by atoms with Crippen LogP contribution in [-0.2, 0) is 45.3 Å². The van der Waals surface area contributed by atoms with Gasteiger partial charge in [-0.25, -0.2) is 0 Å². The maximum Gasteiger partial charge on any atom is 0.270 e. The Morgan fingerprint density at radius 3 is 1.00 bits per heavy atom. The molecule has 2 atom stereocenters. The normalized spacial score (nSPS) is 12.1. The van der Waals surface area contributed by atoms with Gasteiger partial charge in [0, 0.05) is 104 Å². The first-order valence-electron chi connectivity index (χ1n) is 19.6. The number of ether oxygens (including phenoxy) is 4. The Balaban J connectivity index is 0.000000340. The fourth-order valence-corrected chi connectivity index (χ4v) is 7.15. The molecule has 18 heteroatoms. The fourth-order valence-electron chi connectivity index (χ4n) is 7.15. The Labute approximate surface area is 402 Å². The van der Waals surface area contributed by atoms with E-state index in [2.05, 4.69) is 9.98 Å². The number of benzene rings is 6. The van der Waals surface area contributed by atoms with Gasteiger partial charge in [-0.15, -0.1) is 0 Å². The molecule has 0 saturated heterocycles. The molecule has 0 heterocycles. The standard InChI is InChI=1S/2C24H24N2O6.2Cu/c2*1-16(25-15-17-14-18(26(29)30)12-13-21(17)27)24(28,19-8-4-6-10-22(19)31-2)20-9-5-7-11-23(20)32-3;;/h2*4-16,27-28H,1-3H3;;/t2*16-;;/m11../s1. The quantitative estimate of drug-likeness (QED) is 0.0312. The third-order valence-electron chi connectivity index (χ3n) is 10.6. The van der Waals surface area contributed by atoms with Crippen molar-refractivity contribution in [2.24, 2.45) is 9.98 Å². The van der Waals surface area contributed by atoms with E-state index >= 15 is 0 Å². The van der Waals surface area contributed by atoms with Gasteiger partial charge < -0.3 is 39.4 Å². The number of aliphatic hydroxyl groups is 2. The second-order valence-electron chi connectivity index (χ2n) is 14.2. The van der Waals surface area contributed by atoms with E-state index in [4.69, 9.17) is 18.9 Å². The first-order chi connectivity index (χ1) is 30.6. The van der Waals surface area contributed by atoms with Gasteiger partial charge in [0.15, 0.2) is 0 Å². The van der Waals surface area contributed by atoms with Crippen LogP contribution in [0.3, 0.4) is 0 Å². The molecule has 0 aliphatic rings. The van der Waals surface area contributed by atoms with Crippen molar-refractivity contribution in [3.8, 4) is 34.5 Å². The molecule has 6 aromatic rings. The van der Waals surface area contributed by atoms with Gasteiger partial charge in [0.2, 0.25) is 0 Å². The van der Waals surface area contributed by atoms with Gasteiger partial charge in [-0.3, -0.25) is 30.2 Å². The largest absolute Gasteiger partial charge is 0.507 e. The maximum absolute atomic E-state index is 12.1. The molecule has 6 aromatic carbocycles. The minimum Gasteiger partial charge on any atom is -0.507 e. The Morgan fingerprint density at radius 1 is 0.500 bits per heavy atom. The zero-order valence-corrected chi connectivity index (χ0v) is 38.3. The molecule has 0 bridgehead atoms. The van der Waals surface area contributed by atoms with Gasteiger partial charge in [0.1, 0.15) is 45.7 Å². The average molecular weight is 1000 g/mol. The Kier molecular flexibility index (Phi) is 19.4. The smallest absolute Gasteiger partial charge is 0.270 e. The third kappa shape index (κ3) is 11.5. The summed E-state index contributed by atoms with van der Waals surface area (Å²) in [7, 11) is 6.04. The van der Waals surface area contributed by atoms with E-state index in [1.165, 1.54) is 77.3 Å². The Hall–Kier alpha value is -6.78. The minimum atomic E-state index is -1.67. The number of rotatable bonds is 16. The van der Waals surface area contributed by atoms with E-state index in [9.17, 15) is 40.7 Å². The molecular weight excluding hydrogens is 952 g/mol. The van der Waals surface area contributed by atoms with Crippen molar-refractivity contribution in [2.75, 3.05) is 28.4 Å². The minimum absolute atomic E-state index is 0. The fraction of sp³-hybridized carbons (Fsp3) is 0.208. The van der Waals surface area contributed by atoms with Crippen molar-refractivity contribution in [3.05, 3.63) is 187 Å². The van der Waals surface area contributed by atoms with Crippen LogP contribution in [0.25, 0.3) is 0 Å². The second kappa shape index (κ2) is 23.9. The average Bonchev–Trinajstić information content (AvgIpc) is 3.32. The van der Waals surface area contributed by atoms with Crippen molar-refractivity contribution >= 4 is 23.8 Å². The molecule has 0 unspecified atom stereocenters. The van der Waals surface area contributed by atoms with E-state index in [0.29, 0.717) is 45.3 Å². The predicted octanol–water partition coefficient (Wildman–Crippen LogP) is 8.12. The summed E-state index contributed by atoms with van der Waals surface area (Å²) in [5, 5.41) is 66.6. The van der Waals surface area contributed by atoms with Crippen LogP contribution in [0, 0.1) is 20.2 Å². The van der Waals surface area contributed by atoms with E-state index in [1.54, 1.807) is 111 Å². The van der Waals surface area contributed by atoms with Gasteiger partial charge in [0.05, 0.1) is 50.4 Å². The SMILES string of the molecule is COc1ccccc1C(O)(c1ccccc1OC)[C@@H](C)N=Cc1cc([N+](=O)[O-])ccc1O.COc1ccccc1C(O)(c1ccccc1OC)[C@@H](C)N=Cc1cc([N+](=O)[O-])ccc1O.[Cu].[Cu]. The zero-order valence-electron chi connectivity index (χ0n) is 36.5. The van der Waals surface area contributed by atoms with Crippen LogP contribution in [0.2, 0.25) is 0 Å². The molecule has 0 aliphatic carbocycles. The van der Waals surface area contributed by atoms with Crippen LogP contribution in [0.5, 0.6) is 34.5 Å². The molecule has 0 fully saturated rings. The first-order valence-corrected chi connectivity index (χ1v) is 19.6. The van der Waals surface area contributed by atoms with Crippen molar-refractivity contribution in [1.82, 2.24) is 0 Å². The molecule has 0 aromatic heterocycles. The molecule has 6 rings (SSSR count). The molecule has 66 heavy (non-hydrogen) atoms. The summed E-state index contributed by atoms with van der Waals surface area (Å²) in [6.45, 7) is 3.40. The summed E-state index contributed by atoms with van der Waals surface area (Å²) in [6, 6.07) is 33.9. The summed E-state index contributed by atoms with van der Waals surface area (Å²) in [5.41, 5.74) is -1.50. The van der Waals surface area contributed by atoms with Crippen LogP contribution in [0.1, 0.15) is 47.2 Å². The summed E-state index contributed by atoms with van der Waals surface area (Å²) < 4.78 is 22.0. The van der Waals surface area contributed by atoms with E-state index in [0.717, 1.165) is 0 Å². The van der Waals surface area contributed by atoms with E-state index in [-0.39, 0.29) is 68.1 Å². The number of para-hydroxylation sites is 4. The number of nitro groups is 2. The third-order valence-corrected chi connectivity index (χ3v) is 10.6. The van der Waals surface area contributed by atoms with Gasteiger partial charge >= 0.3 is 0 Å². The number of aliphatic imine (C=N–C) groups is 2. The first kappa shape index (κ1) is 53.6. The van der Waals surface area contributed by atoms with Crippen molar-refractivity contribution in [3.63, 3.8) is 0 Å². The number of hydrogen-bond donors (Lipinski definition) is 4. The number of non-ortho nitro benzene ring substituents is 2. The van der Waals surface area contributed by atoms with Crippen LogP contribution in [0.15, 0.2) is 143 Å². The number of phenolic OH excluding ortho intramolecular Hbond substituents is 2. The molecule has 0 aliphatic heterocycles. The van der Waals surface area contributed by atoms with Crippen LogP contribution >= 0.6 is 0 Å². The Morgan fingerprint density at radius 2 is 0.758 bits per heavy atom. The Bertz CT molecular complexity index is 2390. The number of methoxy groups -OCH3 is 4. The van der Waals surface area contributed by atoms with Crippen molar-refractivity contribution in [2.45, 2.75) is 37.1 Å². The summed E-state index contributed by atoms with van der Waals surface area (Å²) in [4.78, 5) is 30.0. The zero-order chi connectivity index (χ0) is 46.6. The number of nitro benzene ring substituents is 2. The molecule has 354 valence electrons. The van der Waals surface area contributed by atoms with E-state index < -0.39 is 33.1 Å². The number of aromatic hydroxyl groups is 2. The number of hydrogen-bond acceptors (Lipinski definition) is 14. The van der Waals surface area contributed by atoms with Crippen molar-refractivity contribution in [1.29, 1.82) is 0 Å². The maximum atomic E-state index is 12.1. The summed E-state index contributed by atoms with van der Waals surface area (Å²) in [5.74, 6) is 1.51. The molecule has 0 saturated carbocycles. The van der Waals surface area contributed by atoms with Crippen LogP contribution in [-0.4, -0.2) is 83.2 Å².